The number of benzene rings is 1. The molecule has 0 saturated carbocycles. The molecule has 1 atom stereocenters. The molecular formula is C27H36N6O. The number of hydrogen-bond acceptors (Lipinski definition) is 7. The Morgan fingerprint density at radius 3 is 2.71 bits per heavy atom. The summed E-state index contributed by atoms with van der Waals surface area (Å²) in [6, 6.07) is 8.74. The fraction of sp³-hybridized carbons (Fsp3) is 0.519. The first-order chi connectivity index (χ1) is 16.6. The molecule has 0 bridgehead atoms. The summed E-state index contributed by atoms with van der Waals surface area (Å²) in [5.74, 6) is 0.935. The van der Waals surface area contributed by atoms with Gasteiger partial charge in [-0.25, -0.2) is 9.97 Å². The largest absolute Gasteiger partial charge is 0.378 e. The third-order valence-electron chi connectivity index (χ3n) is 7.22. The summed E-state index contributed by atoms with van der Waals surface area (Å²) in [4.78, 5) is 19.3. The van der Waals surface area contributed by atoms with Gasteiger partial charge in [-0.2, -0.15) is 0 Å². The summed E-state index contributed by atoms with van der Waals surface area (Å²) in [7, 11) is 0. The summed E-state index contributed by atoms with van der Waals surface area (Å²) in [6.45, 7) is 14.2. The van der Waals surface area contributed by atoms with Crippen LogP contribution in [0.2, 0.25) is 0 Å². The highest BCUT2D eigenvalue weighted by atomic mass is 16.5. The van der Waals surface area contributed by atoms with Crippen molar-refractivity contribution in [3.05, 3.63) is 42.2 Å². The molecule has 180 valence electrons. The van der Waals surface area contributed by atoms with Crippen LogP contribution >= 0.6 is 0 Å². The van der Waals surface area contributed by atoms with E-state index in [1.165, 1.54) is 24.1 Å². The Morgan fingerprint density at radius 1 is 1.15 bits per heavy atom. The molecule has 34 heavy (non-hydrogen) atoms. The Kier molecular flexibility index (Phi) is 6.66. The third-order valence-corrected chi connectivity index (χ3v) is 7.22. The number of nitrogens with zero attached hydrogens (tertiary/aromatic N) is 5. The maximum absolute atomic E-state index is 5.53. The predicted molar refractivity (Wildman–Crippen MR) is 139 cm³/mol. The number of nitrogens with one attached hydrogen (secondary N) is 1. The molecule has 3 aromatic rings. The van der Waals surface area contributed by atoms with Crippen LogP contribution in [0.4, 0.5) is 11.5 Å². The van der Waals surface area contributed by atoms with Gasteiger partial charge in [-0.3, -0.25) is 4.98 Å². The number of pyridine rings is 1. The highest BCUT2D eigenvalue weighted by Crippen LogP contribution is 2.33. The number of morpholine rings is 1. The standard InChI is InChI=1S/C27H36N6O/c1-4-32(19-27(3)8-5-9-28-18-27)26-25-23(29-10-11-30-25)17-22(31-26)21-6-7-24(20(2)16-21)33-12-14-34-15-13-33/h6-7,10-11,16-17,28H,4-5,8-9,12-15,18-19H2,1-3H3. The van der Waals surface area contributed by atoms with E-state index in [2.05, 4.69) is 65.1 Å². The Labute approximate surface area is 202 Å². The zero-order valence-corrected chi connectivity index (χ0v) is 20.7. The average molecular weight is 461 g/mol. The van der Waals surface area contributed by atoms with Crippen molar-refractivity contribution in [1.29, 1.82) is 0 Å². The number of hydrogen-bond donors (Lipinski definition) is 1. The maximum Gasteiger partial charge on any atom is 0.157 e. The van der Waals surface area contributed by atoms with Crippen molar-refractivity contribution >= 4 is 22.5 Å². The van der Waals surface area contributed by atoms with Crippen molar-refractivity contribution in [1.82, 2.24) is 20.3 Å². The number of ether oxygens (including phenoxy) is 1. The van der Waals surface area contributed by atoms with Gasteiger partial charge in [0.05, 0.1) is 24.4 Å². The molecule has 7 heteroatoms. The second-order valence-corrected chi connectivity index (χ2v) is 9.96. The van der Waals surface area contributed by atoms with Crippen LogP contribution in [0.15, 0.2) is 36.7 Å². The average Bonchev–Trinajstić information content (AvgIpc) is 2.87. The molecule has 5 rings (SSSR count). The highest BCUT2D eigenvalue weighted by Gasteiger charge is 2.30. The molecule has 0 radical (unpaired) electrons. The first-order valence-corrected chi connectivity index (χ1v) is 12.6. The molecule has 2 aromatic heterocycles. The topological polar surface area (TPSA) is 66.4 Å². The zero-order valence-electron chi connectivity index (χ0n) is 20.7. The van der Waals surface area contributed by atoms with Crippen molar-refractivity contribution < 1.29 is 4.74 Å². The molecule has 2 aliphatic rings. The van der Waals surface area contributed by atoms with Gasteiger partial charge in [-0.15, -0.1) is 0 Å². The molecule has 0 amide bonds. The lowest BCUT2D eigenvalue weighted by Gasteiger charge is -2.39. The van der Waals surface area contributed by atoms with Crippen LogP contribution in [0.1, 0.15) is 32.3 Å². The summed E-state index contributed by atoms with van der Waals surface area (Å²) in [6.07, 6.45) is 5.98. The summed E-state index contributed by atoms with van der Waals surface area (Å²) in [5.41, 5.74) is 6.59. The number of rotatable bonds is 6. The number of piperidine rings is 1. The van der Waals surface area contributed by atoms with Crippen LogP contribution in [0.3, 0.4) is 0 Å². The lowest BCUT2D eigenvalue weighted by atomic mass is 9.82. The summed E-state index contributed by atoms with van der Waals surface area (Å²) in [5, 5.41) is 3.58. The molecule has 4 heterocycles. The van der Waals surface area contributed by atoms with E-state index in [9.17, 15) is 0 Å². The third kappa shape index (κ3) is 4.72. The molecule has 1 unspecified atom stereocenters. The Balaban J connectivity index is 1.52. The van der Waals surface area contributed by atoms with Crippen molar-refractivity contribution in [3.8, 4) is 11.3 Å². The minimum Gasteiger partial charge on any atom is -0.378 e. The van der Waals surface area contributed by atoms with Crippen LogP contribution in [-0.4, -0.2) is 67.4 Å². The fourth-order valence-corrected chi connectivity index (χ4v) is 5.35. The minimum absolute atomic E-state index is 0.219. The van der Waals surface area contributed by atoms with E-state index in [0.29, 0.717) is 0 Å². The highest BCUT2D eigenvalue weighted by molar-refractivity contribution is 5.89. The molecule has 2 saturated heterocycles. The molecule has 0 aliphatic carbocycles. The van der Waals surface area contributed by atoms with Gasteiger partial charge in [-0.05, 0) is 62.4 Å². The van der Waals surface area contributed by atoms with Crippen LogP contribution in [0.25, 0.3) is 22.3 Å². The lowest BCUT2D eigenvalue weighted by molar-refractivity contribution is 0.122. The molecule has 0 spiro atoms. The first kappa shape index (κ1) is 23.0. The van der Waals surface area contributed by atoms with Crippen molar-refractivity contribution in [2.24, 2.45) is 5.41 Å². The second-order valence-electron chi connectivity index (χ2n) is 9.96. The van der Waals surface area contributed by atoms with Gasteiger partial charge in [0.1, 0.15) is 5.52 Å². The molecular weight excluding hydrogens is 424 g/mol. The SMILES string of the molecule is CCN(CC1(C)CCCNC1)c1nc(-c2ccc(N3CCOCC3)c(C)c2)cc2nccnc12. The van der Waals surface area contributed by atoms with Crippen LogP contribution in [0, 0.1) is 12.3 Å². The number of aromatic nitrogens is 3. The summed E-state index contributed by atoms with van der Waals surface area (Å²) < 4.78 is 5.53. The Hall–Kier alpha value is -2.77. The summed E-state index contributed by atoms with van der Waals surface area (Å²) >= 11 is 0. The van der Waals surface area contributed by atoms with Gasteiger partial charge in [0.25, 0.3) is 0 Å². The van der Waals surface area contributed by atoms with Crippen LogP contribution in [-0.2, 0) is 4.74 Å². The van der Waals surface area contributed by atoms with Gasteiger partial charge < -0.3 is 19.9 Å². The molecule has 7 nitrogen and oxygen atoms in total. The van der Waals surface area contributed by atoms with Gasteiger partial charge in [0.15, 0.2) is 5.82 Å². The van der Waals surface area contributed by atoms with Crippen molar-refractivity contribution in [2.75, 3.05) is 62.3 Å². The van der Waals surface area contributed by atoms with Gasteiger partial charge in [0.2, 0.25) is 0 Å². The van der Waals surface area contributed by atoms with Crippen molar-refractivity contribution in [2.45, 2.75) is 33.6 Å². The van der Waals surface area contributed by atoms with E-state index in [1.54, 1.807) is 12.4 Å². The van der Waals surface area contributed by atoms with Gasteiger partial charge in [-0.1, -0.05) is 13.0 Å². The quantitative estimate of drug-likeness (QED) is 0.595. The lowest BCUT2D eigenvalue weighted by Crippen LogP contribution is -2.46. The minimum atomic E-state index is 0.219. The number of anilines is 2. The monoisotopic (exact) mass is 460 g/mol. The van der Waals surface area contributed by atoms with E-state index in [0.717, 1.165) is 80.6 Å². The van der Waals surface area contributed by atoms with E-state index >= 15 is 0 Å². The smallest absolute Gasteiger partial charge is 0.157 e. The van der Waals surface area contributed by atoms with Crippen molar-refractivity contribution in [3.63, 3.8) is 0 Å². The Bertz CT molecular complexity index is 1140. The van der Waals surface area contributed by atoms with Crippen LogP contribution < -0.4 is 15.1 Å². The van der Waals surface area contributed by atoms with E-state index in [1.807, 2.05) is 0 Å². The normalized spacial score (nSPS) is 21.1. The van der Waals surface area contributed by atoms with E-state index in [4.69, 9.17) is 14.7 Å². The Morgan fingerprint density at radius 2 is 1.97 bits per heavy atom. The second kappa shape index (κ2) is 9.84. The fourth-order valence-electron chi connectivity index (χ4n) is 5.35. The molecule has 2 fully saturated rings. The van der Waals surface area contributed by atoms with Gasteiger partial charge >= 0.3 is 0 Å². The van der Waals surface area contributed by atoms with Crippen LogP contribution in [0.5, 0.6) is 0 Å². The number of aryl methyl sites for hydroxylation is 1. The maximum atomic E-state index is 5.53. The molecule has 1 aromatic carbocycles. The number of fused-ring (bicyclic) bond motifs is 1. The van der Waals surface area contributed by atoms with E-state index < -0.39 is 0 Å². The van der Waals surface area contributed by atoms with E-state index in [-0.39, 0.29) is 5.41 Å². The first-order valence-electron chi connectivity index (χ1n) is 12.6. The zero-order chi connectivity index (χ0) is 23.5. The predicted octanol–water partition coefficient (Wildman–Crippen LogP) is 4.05. The van der Waals surface area contributed by atoms with Gasteiger partial charge in [0, 0.05) is 56.4 Å². The molecule has 1 N–H and O–H groups in total. The molecule has 2 aliphatic heterocycles.